The average molecular weight is 259 g/mol. The number of hydrogen-bond donors (Lipinski definition) is 1. The van der Waals surface area contributed by atoms with Crippen molar-refractivity contribution in [3.63, 3.8) is 0 Å². The van der Waals surface area contributed by atoms with Crippen LogP contribution in [0.15, 0.2) is 52.8 Å². The lowest BCUT2D eigenvalue weighted by atomic mass is 10.3. The standard InChI is InChI=1S/C14H17N3S/c1-2-7-16-10-12-3-4-14(17-11-12)18-13-5-8-15-9-6-13/h3-6,8-9,11,16H,2,7,10H2,1H3. The van der Waals surface area contributed by atoms with Crippen molar-refractivity contribution in [3.8, 4) is 0 Å². The van der Waals surface area contributed by atoms with Crippen molar-refractivity contribution in [1.82, 2.24) is 15.3 Å². The number of nitrogens with one attached hydrogen (secondary N) is 1. The summed E-state index contributed by atoms with van der Waals surface area (Å²) in [4.78, 5) is 9.62. The van der Waals surface area contributed by atoms with Crippen LogP contribution >= 0.6 is 11.8 Å². The van der Waals surface area contributed by atoms with Crippen LogP contribution in [0.1, 0.15) is 18.9 Å². The first-order valence-electron chi connectivity index (χ1n) is 6.12. The van der Waals surface area contributed by atoms with E-state index in [0.29, 0.717) is 0 Å². The first-order valence-corrected chi connectivity index (χ1v) is 6.93. The average Bonchev–Trinajstić information content (AvgIpc) is 2.42. The van der Waals surface area contributed by atoms with Crippen LogP contribution in [0.25, 0.3) is 0 Å². The fourth-order valence-corrected chi connectivity index (χ4v) is 2.25. The third-order valence-corrected chi connectivity index (χ3v) is 3.38. The van der Waals surface area contributed by atoms with Gasteiger partial charge < -0.3 is 5.32 Å². The highest BCUT2D eigenvalue weighted by Crippen LogP contribution is 2.24. The van der Waals surface area contributed by atoms with Crippen LogP contribution in [-0.2, 0) is 6.54 Å². The normalized spacial score (nSPS) is 10.5. The molecular formula is C14H17N3S. The Labute approximate surface area is 112 Å². The molecule has 2 aromatic heterocycles. The van der Waals surface area contributed by atoms with Gasteiger partial charge in [0, 0.05) is 30.0 Å². The fourth-order valence-electron chi connectivity index (χ4n) is 1.51. The Bertz CT molecular complexity index is 456. The van der Waals surface area contributed by atoms with Gasteiger partial charge in [-0.15, -0.1) is 0 Å². The van der Waals surface area contributed by atoms with E-state index < -0.39 is 0 Å². The van der Waals surface area contributed by atoms with E-state index in [9.17, 15) is 0 Å². The summed E-state index contributed by atoms with van der Waals surface area (Å²) < 4.78 is 0. The third kappa shape index (κ3) is 4.13. The molecule has 0 saturated carbocycles. The van der Waals surface area contributed by atoms with Crippen molar-refractivity contribution in [1.29, 1.82) is 0 Å². The van der Waals surface area contributed by atoms with Crippen LogP contribution in [-0.4, -0.2) is 16.5 Å². The Kier molecular flexibility index (Phi) is 5.17. The minimum Gasteiger partial charge on any atom is -0.313 e. The van der Waals surface area contributed by atoms with Gasteiger partial charge in [0.25, 0.3) is 0 Å². The lowest BCUT2D eigenvalue weighted by Crippen LogP contribution is -2.13. The summed E-state index contributed by atoms with van der Waals surface area (Å²) in [6, 6.07) is 8.17. The SMILES string of the molecule is CCCNCc1ccc(Sc2ccncc2)nc1. The molecule has 0 amide bonds. The van der Waals surface area contributed by atoms with Crippen molar-refractivity contribution >= 4 is 11.8 Å². The van der Waals surface area contributed by atoms with Crippen molar-refractivity contribution in [3.05, 3.63) is 48.4 Å². The molecule has 0 fully saturated rings. The molecule has 4 heteroatoms. The van der Waals surface area contributed by atoms with E-state index in [1.165, 1.54) is 5.56 Å². The van der Waals surface area contributed by atoms with Gasteiger partial charge in [-0.2, -0.15) is 0 Å². The number of rotatable bonds is 6. The van der Waals surface area contributed by atoms with Crippen LogP contribution < -0.4 is 5.32 Å². The van der Waals surface area contributed by atoms with Crippen LogP contribution in [0, 0.1) is 0 Å². The molecule has 2 aromatic rings. The maximum absolute atomic E-state index is 4.46. The zero-order valence-electron chi connectivity index (χ0n) is 10.5. The van der Waals surface area contributed by atoms with Crippen molar-refractivity contribution in [2.45, 2.75) is 29.8 Å². The van der Waals surface area contributed by atoms with Gasteiger partial charge in [0.2, 0.25) is 0 Å². The van der Waals surface area contributed by atoms with Gasteiger partial charge in [0.05, 0.1) is 0 Å². The van der Waals surface area contributed by atoms with E-state index in [-0.39, 0.29) is 0 Å². The summed E-state index contributed by atoms with van der Waals surface area (Å²) in [5, 5.41) is 4.38. The largest absolute Gasteiger partial charge is 0.313 e. The molecule has 1 N–H and O–H groups in total. The zero-order valence-corrected chi connectivity index (χ0v) is 11.3. The lowest BCUT2D eigenvalue weighted by molar-refractivity contribution is 0.673. The highest BCUT2D eigenvalue weighted by atomic mass is 32.2. The lowest BCUT2D eigenvalue weighted by Gasteiger charge is -2.04. The summed E-state index contributed by atoms with van der Waals surface area (Å²) in [6.07, 6.45) is 6.69. The van der Waals surface area contributed by atoms with Gasteiger partial charge >= 0.3 is 0 Å². The molecule has 0 bridgehead atoms. The summed E-state index contributed by atoms with van der Waals surface area (Å²) in [5.74, 6) is 0. The predicted molar refractivity (Wildman–Crippen MR) is 74.6 cm³/mol. The Balaban J connectivity index is 1.91. The van der Waals surface area contributed by atoms with Gasteiger partial charge in [0.1, 0.15) is 5.03 Å². The second-order valence-electron chi connectivity index (χ2n) is 3.97. The summed E-state index contributed by atoms with van der Waals surface area (Å²) in [5.41, 5.74) is 1.22. The molecule has 2 heterocycles. The minimum atomic E-state index is 0.890. The molecule has 0 aliphatic heterocycles. The first kappa shape index (κ1) is 13.1. The molecule has 0 atom stereocenters. The molecule has 0 aliphatic rings. The van der Waals surface area contributed by atoms with Crippen LogP contribution in [0.4, 0.5) is 0 Å². The van der Waals surface area contributed by atoms with Crippen LogP contribution in [0.2, 0.25) is 0 Å². The van der Waals surface area contributed by atoms with Crippen molar-refractivity contribution < 1.29 is 0 Å². The maximum atomic E-state index is 4.46. The highest BCUT2D eigenvalue weighted by Gasteiger charge is 1.99. The number of pyridine rings is 2. The van der Waals surface area contributed by atoms with Gasteiger partial charge in [-0.3, -0.25) is 4.98 Å². The third-order valence-electron chi connectivity index (χ3n) is 2.43. The molecule has 3 nitrogen and oxygen atoms in total. The van der Waals surface area contributed by atoms with Crippen molar-refractivity contribution in [2.24, 2.45) is 0 Å². The Hall–Kier alpha value is -1.39. The molecule has 2 rings (SSSR count). The molecule has 0 aromatic carbocycles. The van der Waals surface area contributed by atoms with Gasteiger partial charge in [0.15, 0.2) is 0 Å². The molecule has 0 unspecified atom stereocenters. The van der Waals surface area contributed by atoms with E-state index in [0.717, 1.165) is 29.4 Å². The monoisotopic (exact) mass is 259 g/mol. The van der Waals surface area contributed by atoms with Crippen LogP contribution in [0.5, 0.6) is 0 Å². The van der Waals surface area contributed by atoms with E-state index in [1.807, 2.05) is 18.3 Å². The number of aromatic nitrogens is 2. The Morgan fingerprint density at radius 3 is 2.67 bits per heavy atom. The zero-order chi connectivity index (χ0) is 12.6. The van der Waals surface area contributed by atoms with E-state index in [1.54, 1.807) is 24.2 Å². The van der Waals surface area contributed by atoms with E-state index in [2.05, 4.69) is 34.3 Å². The summed E-state index contributed by atoms with van der Waals surface area (Å²) >= 11 is 1.65. The molecule has 0 aliphatic carbocycles. The second-order valence-corrected chi connectivity index (χ2v) is 5.06. The first-order chi connectivity index (χ1) is 8.88. The smallest absolute Gasteiger partial charge is 0.101 e. The highest BCUT2D eigenvalue weighted by molar-refractivity contribution is 7.99. The quantitative estimate of drug-likeness (QED) is 0.809. The van der Waals surface area contributed by atoms with E-state index in [4.69, 9.17) is 0 Å². The molecule has 0 spiro atoms. The Morgan fingerprint density at radius 2 is 2.00 bits per heavy atom. The van der Waals surface area contributed by atoms with Gasteiger partial charge in [-0.25, -0.2) is 4.98 Å². The summed E-state index contributed by atoms with van der Waals surface area (Å²) in [6.45, 7) is 4.11. The minimum absolute atomic E-state index is 0.890. The van der Waals surface area contributed by atoms with E-state index >= 15 is 0 Å². The van der Waals surface area contributed by atoms with Crippen molar-refractivity contribution in [2.75, 3.05) is 6.54 Å². The van der Waals surface area contributed by atoms with Crippen LogP contribution in [0.3, 0.4) is 0 Å². The summed E-state index contributed by atoms with van der Waals surface area (Å²) in [7, 11) is 0. The number of hydrogen-bond acceptors (Lipinski definition) is 4. The molecule has 0 saturated heterocycles. The predicted octanol–water partition coefficient (Wildman–Crippen LogP) is 3.13. The molecular weight excluding hydrogens is 242 g/mol. The maximum Gasteiger partial charge on any atom is 0.101 e. The molecule has 18 heavy (non-hydrogen) atoms. The number of nitrogens with zero attached hydrogens (tertiary/aromatic N) is 2. The molecule has 0 radical (unpaired) electrons. The Morgan fingerprint density at radius 1 is 1.17 bits per heavy atom. The fraction of sp³-hybridized carbons (Fsp3) is 0.286. The molecule has 94 valence electrons. The topological polar surface area (TPSA) is 37.8 Å². The van der Waals surface area contributed by atoms with Gasteiger partial charge in [-0.1, -0.05) is 24.8 Å². The second kappa shape index (κ2) is 7.13. The van der Waals surface area contributed by atoms with Gasteiger partial charge in [-0.05, 0) is 36.7 Å².